The Morgan fingerprint density at radius 2 is 2.00 bits per heavy atom. The van der Waals surface area contributed by atoms with Crippen LogP contribution in [0.4, 0.5) is 0 Å². The number of benzene rings is 1. The molecule has 2 rings (SSSR count). The molecule has 0 spiro atoms. The Hall–Kier alpha value is -1.78. The molecule has 0 aliphatic heterocycles. The van der Waals surface area contributed by atoms with Crippen LogP contribution in [0.15, 0.2) is 36.9 Å². The summed E-state index contributed by atoms with van der Waals surface area (Å²) in [6.07, 6.45) is 1.70. The highest BCUT2D eigenvalue weighted by Gasteiger charge is 2.24. The molecule has 0 fully saturated rings. The van der Waals surface area contributed by atoms with Crippen LogP contribution in [0.5, 0.6) is 0 Å². The summed E-state index contributed by atoms with van der Waals surface area (Å²) >= 11 is 12.2. The number of aromatic nitrogens is 2. The van der Waals surface area contributed by atoms with Crippen LogP contribution in [0.1, 0.15) is 28.7 Å². The van der Waals surface area contributed by atoms with Crippen molar-refractivity contribution in [2.24, 2.45) is 0 Å². The molecule has 1 aromatic carbocycles. The van der Waals surface area contributed by atoms with E-state index in [1.165, 1.54) is 0 Å². The first-order valence-electron chi connectivity index (χ1n) is 7.35. The summed E-state index contributed by atoms with van der Waals surface area (Å²) in [6, 6.07) is 7.41. The van der Waals surface area contributed by atoms with Gasteiger partial charge in [0.25, 0.3) is 5.91 Å². The first-order valence-corrected chi connectivity index (χ1v) is 8.11. The molecule has 4 nitrogen and oxygen atoms in total. The average Bonchev–Trinajstić information content (AvgIpc) is 2.83. The van der Waals surface area contributed by atoms with Gasteiger partial charge in [0.05, 0.1) is 10.7 Å². The smallest absolute Gasteiger partial charge is 0.274 e. The molecule has 1 aromatic heterocycles. The van der Waals surface area contributed by atoms with E-state index in [-0.39, 0.29) is 5.91 Å². The maximum Gasteiger partial charge on any atom is 0.274 e. The molecule has 122 valence electrons. The van der Waals surface area contributed by atoms with Crippen molar-refractivity contribution < 1.29 is 4.79 Å². The van der Waals surface area contributed by atoms with Crippen molar-refractivity contribution in [1.82, 2.24) is 14.7 Å². The van der Waals surface area contributed by atoms with Crippen LogP contribution < -0.4 is 0 Å². The average molecular weight is 352 g/mol. The van der Waals surface area contributed by atoms with Crippen LogP contribution >= 0.6 is 23.2 Å². The van der Waals surface area contributed by atoms with E-state index in [4.69, 9.17) is 23.2 Å². The van der Waals surface area contributed by atoms with Crippen molar-refractivity contribution in [1.29, 1.82) is 0 Å². The van der Waals surface area contributed by atoms with Crippen LogP contribution in [0.25, 0.3) is 0 Å². The van der Waals surface area contributed by atoms with Gasteiger partial charge < -0.3 is 4.90 Å². The van der Waals surface area contributed by atoms with E-state index >= 15 is 0 Å². The summed E-state index contributed by atoms with van der Waals surface area (Å²) in [5.41, 5.74) is 2.06. The Balaban J connectivity index is 2.31. The molecular formula is C17H19Cl2N3O. The summed E-state index contributed by atoms with van der Waals surface area (Å²) in [5, 5.41) is 5.37. The lowest BCUT2D eigenvalue weighted by molar-refractivity contribution is 0.0750. The molecule has 1 heterocycles. The van der Waals surface area contributed by atoms with Crippen molar-refractivity contribution in [2.45, 2.75) is 26.9 Å². The largest absolute Gasteiger partial charge is 0.329 e. The molecular weight excluding hydrogens is 333 g/mol. The number of carbonyl (C=O) groups excluding carboxylic acids is 1. The van der Waals surface area contributed by atoms with E-state index in [9.17, 15) is 4.79 Å². The molecule has 0 unspecified atom stereocenters. The number of carbonyl (C=O) groups is 1. The van der Waals surface area contributed by atoms with Crippen molar-refractivity contribution in [3.63, 3.8) is 0 Å². The topological polar surface area (TPSA) is 38.1 Å². The fourth-order valence-electron chi connectivity index (χ4n) is 2.33. The fraction of sp³-hybridized carbons (Fsp3) is 0.294. The van der Waals surface area contributed by atoms with Crippen molar-refractivity contribution in [3.05, 3.63) is 63.9 Å². The number of nitrogens with zero attached hydrogens (tertiary/aromatic N) is 3. The van der Waals surface area contributed by atoms with Gasteiger partial charge in [-0.15, -0.1) is 6.58 Å². The highest BCUT2D eigenvalue weighted by atomic mass is 35.5. The van der Waals surface area contributed by atoms with Crippen LogP contribution in [0.3, 0.4) is 0 Å². The minimum Gasteiger partial charge on any atom is -0.329 e. The third-order valence-corrected chi connectivity index (χ3v) is 4.18. The minimum atomic E-state index is -0.160. The van der Waals surface area contributed by atoms with E-state index in [1.807, 2.05) is 19.1 Å². The first-order chi connectivity index (χ1) is 11.0. The molecule has 23 heavy (non-hydrogen) atoms. The van der Waals surface area contributed by atoms with Gasteiger partial charge in [-0.25, -0.2) is 0 Å². The zero-order valence-corrected chi connectivity index (χ0v) is 14.7. The van der Waals surface area contributed by atoms with Crippen molar-refractivity contribution in [3.8, 4) is 0 Å². The number of amides is 1. The highest BCUT2D eigenvalue weighted by Crippen LogP contribution is 2.23. The van der Waals surface area contributed by atoms with Crippen LogP contribution in [0.2, 0.25) is 10.0 Å². The van der Waals surface area contributed by atoms with Gasteiger partial charge in [-0.2, -0.15) is 5.10 Å². The van der Waals surface area contributed by atoms with Crippen LogP contribution in [-0.2, 0) is 13.1 Å². The minimum absolute atomic E-state index is 0.160. The van der Waals surface area contributed by atoms with Gasteiger partial charge in [0.1, 0.15) is 5.69 Å². The summed E-state index contributed by atoms with van der Waals surface area (Å²) in [5.74, 6) is -0.160. The Bertz CT molecular complexity index is 707. The van der Waals surface area contributed by atoms with Crippen molar-refractivity contribution >= 4 is 29.1 Å². The zero-order chi connectivity index (χ0) is 17.0. The maximum atomic E-state index is 12.9. The zero-order valence-electron chi connectivity index (χ0n) is 13.2. The molecule has 1 amide bonds. The van der Waals surface area contributed by atoms with E-state index in [2.05, 4.69) is 11.7 Å². The molecule has 2 aromatic rings. The number of aryl methyl sites for hydroxylation is 2. The second kappa shape index (κ2) is 7.66. The number of rotatable bonds is 6. The van der Waals surface area contributed by atoms with Crippen LogP contribution in [-0.4, -0.2) is 27.1 Å². The number of hydrogen-bond donors (Lipinski definition) is 0. The molecule has 0 saturated carbocycles. The summed E-state index contributed by atoms with van der Waals surface area (Å²) in [6.45, 7) is 8.91. The first kappa shape index (κ1) is 17.6. The SMILES string of the molecule is C=CCN(Cc1ccc(Cl)cc1)C(=O)c1c(Cl)c(C)nn1CC. The Kier molecular flexibility index (Phi) is 5.85. The third kappa shape index (κ3) is 3.95. The molecule has 0 bridgehead atoms. The van der Waals surface area contributed by atoms with Gasteiger partial charge in [-0.3, -0.25) is 9.48 Å². The van der Waals surface area contributed by atoms with Gasteiger partial charge in [-0.05, 0) is 31.5 Å². The van der Waals surface area contributed by atoms with E-state index in [0.29, 0.717) is 41.1 Å². The molecule has 0 N–H and O–H groups in total. The third-order valence-electron chi connectivity index (χ3n) is 3.48. The molecule has 0 aliphatic rings. The van der Waals surface area contributed by atoms with Gasteiger partial charge in [0, 0.05) is 24.7 Å². The molecule has 0 aliphatic carbocycles. The number of hydrogen-bond acceptors (Lipinski definition) is 2. The van der Waals surface area contributed by atoms with Gasteiger partial charge in [0.2, 0.25) is 0 Å². The molecule has 0 atom stereocenters. The Labute approximate surface area is 146 Å². The Morgan fingerprint density at radius 3 is 2.57 bits per heavy atom. The highest BCUT2D eigenvalue weighted by molar-refractivity contribution is 6.34. The van der Waals surface area contributed by atoms with Crippen LogP contribution in [0, 0.1) is 6.92 Å². The lowest BCUT2D eigenvalue weighted by atomic mass is 10.2. The number of halogens is 2. The summed E-state index contributed by atoms with van der Waals surface area (Å²) in [7, 11) is 0. The monoisotopic (exact) mass is 351 g/mol. The quantitative estimate of drug-likeness (QED) is 0.725. The fourth-order valence-corrected chi connectivity index (χ4v) is 2.67. The van der Waals surface area contributed by atoms with E-state index in [1.54, 1.807) is 34.7 Å². The molecule has 0 saturated heterocycles. The van der Waals surface area contributed by atoms with Gasteiger partial charge in [-0.1, -0.05) is 41.4 Å². The lowest BCUT2D eigenvalue weighted by Crippen LogP contribution is -2.32. The van der Waals surface area contributed by atoms with Crippen molar-refractivity contribution in [2.75, 3.05) is 6.54 Å². The second-order valence-corrected chi connectivity index (χ2v) is 5.98. The van der Waals surface area contributed by atoms with E-state index in [0.717, 1.165) is 5.56 Å². The molecule has 6 heteroatoms. The summed E-state index contributed by atoms with van der Waals surface area (Å²) < 4.78 is 1.64. The lowest BCUT2D eigenvalue weighted by Gasteiger charge is -2.22. The standard InChI is InChI=1S/C17H19Cl2N3O/c1-4-10-21(11-13-6-8-14(18)9-7-13)17(23)16-15(19)12(3)20-22(16)5-2/h4,6-9H,1,5,10-11H2,2-3H3. The van der Waals surface area contributed by atoms with Gasteiger partial charge >= 0.3 is 0 Å². The Morgan fingerprint density at radius 1 is 1.35 bits per heavy atom. The molecule has 0 radical (unpaired) electrons. The normalized spacial score (nSPS) is 10.6. The summed E-state index contributed by atoms with van der Waals surface area (Å²) in [4.78, 5) is 14.6. The predicted octanol–water partition coefficient (Wildman–Crippen LogP) is 4.35. The second-order valence-electron chi connectivity index (χ2n) is 5.16. The van der Waals surface area contributed by atoms with Gasteiger partial charge in [0.15, 0.2) is 0 Å². The maximum absolute atomic E-state index is 12.9. The van der Waals surface area contributed by atoms with E-state index < -0.39 is 0 Å². The predicted molar refractivity (Wildman–Crippen MR) is 94.0 cm³/mol.